The summed E-state index contributed by atoms with van der Waals surface area (Å²) in [5, 5.41) is 19.8. The third-order valence-corrected chi connectivity index (χ3v) is 3.78. The van der Waals surface area contributed by atoms with Gasteiger partial charge in [-0.15, -0.1) is 0 Å². The van der Waals surface area contributed by atoms with E-state index in [0.717, 1.165) is 17.5 Å². The van der Waals surface area contributed by atoms with Gasteiger partial charge in [0.1, 0.15) is 5.75 Å². The summed E-state index contributed by atoms with van der Waals surface area (Å²) in [6, 6.07) is 13.9. The first-order valence-electron chi connectivity index (χ1n) is 7.41. The molecule has 0 aliphatic carbocycles. The summed E-state index contributed by atoms with van der Waals surface area (Å²) in [7, 11) is 0. The van der Waals surface area contributed by atoms with Gasteiger partial charge in [-0.25, -0.2) is 0 Å². The van der Waals surface area contributed by atoms with Crippen LogP contribution in [0.15, 0.2) is 42.5 Å². The highest BCUT2D eigenvalue weighted by Crippen LogP contribution is 2.27. The van der Waals surface area contributed by atoms with Crippen molar-refractivity contribution in [2.75, 3.05) is 0 Å². The molecular formula is C19H24O2. The molecule has 0 spiro atoms. The van der Waals surface area contributed by atoms with E-state index in [0.29, 0.717) is 11.7 Å². The summed E-state index contributed by atoms with van der Waals surface area (Å²) in [5.41, 5.74) is 3.48. The maximum Gasteiger partial charge on any atom is 0.119 e. The Balaban J connectivity index is 2.21. The molecule has 2 aromatic carbocycles. The summed E-state index contributed by atoms with van der Waals surface area (Å²) >= 11 is 0. The van der Waals surface area contributed by atoms with Crippen LogP contribution in [0.4, 0.5) is 0 Å². The third-order valence-electron chi connectivity index (χ3n) is 3.78. The molecule has 112 valence electrons. The second kappa shape index (κ2) is 5.90. The molecule has 0 aromatic heterocycles. The van der Waals surface area contributed by atoms with E-state index >= 15 is 0 Å². The lowest BCUT2D eigenvalue weighted by molar-refractivity contribution is 0.0786. The zero-order valence-corrected chi connectivity index (χ0v) is 13.2. The Kier molecular flexibility index (Phi) is 4.38. The van der Waals surface area contributed by atoms with Crippen LogP contribution in [0.5, 0.6) is 5.75 Å². The molecule has 0 aliphatic heterocycles. The van der Waals surface area contributed by atoms with Crippen molar-refractivity contribution in [2.24, 2.45) is 0 Å². The largest absolute Gasteiger partial charge is 0.508 e. The smallest absolute Gasteiger partial charge is 0.119 e. The zero-order valence-electron chi connectivity index (χ0n) is 13.2. The fourth-order valence-electron chi connectivity index (χ4n) is 2.44. The number of phenols is 1. The molecule has 0 saturated heterocycles. The van der Waals surface area contributed by atoms with E-state index in [9.17, 15) is 10.2 Å². The Labute approximate surface area is 127 Å². The van der Waals surface area contributed by atoms with Gasteiger partial charge in [0.25, 0.3) is 0 Å². The number of aliphatic hydroxyl groups is 1. The van der Waals surface area contributed by atoms with E-state index in [-0.39, 0.29) is 0 Å². The molecular weight excluding hydrogens is 260 g/mol. The molecule has 0 bridgehead atoms. The Morgan fingerprint density at radius 3 is 2.05 bits per heavy atom. The van der Waals surface area contributed by atoms with E-state index in [1.165, 1.54) is 11.1 Å². The highest BCUT2D eigenvalue weighted by atomic mass is 16.3. The molecule has 2 aromatic rings. The molecule has 2 heteroatoms. The van der Waals surface area contributed by atoms with Gasteiger partial charge in [-0.05, 0) is 54.5 Å². The van der Waals surface area contributed by atoms with Crippen molar-refractivity contribution in [3.63, 3.8) is 0 Å². The highest BCUT2D eigenvalue weighted by Gasteiger charge is 2.15. The van der Waals surface area contributed by atoms with Crippen LogP contribution >= 0.6 is 0 Å². The first-order valence-corrected chi connectivity index (χ1v) is 7.41. The Morgan fingerprint density at radius 1 is 0.952 bits per heavy atom. The van der Waals surface area contributed by atoms with E-state index in [1.54, 1.807) is 19.9 Å². The summed E-state index contributed by atoms with van der Waals surface area (Å²) in [5.74, 6) is 0.675. The van der Waals surface area contributed by atoms with E-state index < -0.39 is 5.60 Å². The van der Waals surface area contributed by atoms with Gasteiger partial charge < -0.3 is 10.2 Å². The molecule has 2 N–H and O–H groups in total. The first kappa shape index (κ1) is 15.6. The van der Waals surface area contributed by atoms with Crippen LogP contribution in [0.1, 0.15) is 55.9 Å². The molecule has 0 amide bonds. The summed E-state index contributed by atoms with van der Waals surface area (Å²) in [6.07, 6.45) is 0.826. The zero-order chi connectivity index (χ0) is 15.6. The van der Waals surface area contributed by atoms with Gasteiger partial charge in [0.05, 0.1) is 5.60 Å². The lowest BCUT2D eigenvalue weighted by atomic mass is 9.94. The van der Waals surface area contributed by atoms with Gasteiger partial charge in [-0.2, -0.15) is 0 Å². The quantitative estimate of drug-likeness (QED) is 0.877. The van der Waals surface area contributed by atoms with Crippen molar-refractivity contribution in [1.82, 2.24) is 0 Å². The van der Waals surface area contributed by atoms with Crippen molar-refractivity contribution in [3.8, 4) is 5.75 Å². The molecule has 0 fully saturated rings. The molecule has 0 atom stereocenters. The maximum atomic E-state index is 9.97. The van der Waals surface area contributed by atoms with E-state index in [2.05, 4.69) is 32.0 Å². The summed E-state index contributed by atoms with van der Waals surface area (Å²) in [4.78, 5) is 0. The number of hydrogen-bond acceptors (Lipinski definition) is 2. The predicted octanol–water partition coefficient (Wildman–Crippen LogP) is 4.33. The number of hydrogen-bond donors (Lipinski definition) is 2. The van der Waals surface area contributed by atoms with Gasteiger partial charge in [-0.1, -0.05) is 50.2 Å². The molecule has 2 rings (SSSR count). The van der Waals surface area contributed by atoms with Crippen LogP contribution in [-0.2, 0) is 12.0 Å². The average Bonchev–Trinajstić information content (AvgIpc) is 2.40. The number of benzene rings is 2. The standard InChI is InChI=1S/C19H24O2/c1-13(2)17-12-15(7-10-18(17)20)11-14-5-8-16(9-6-14)19(3,4)21/h5-10,12-13,20-21H,11H2,1-4H3. The van der Waals surface area contributed by atoms with Crippen LogP contribution in [0.25, 0.3) is 0 Å². The fourth-order valence-corrected chi connectivity index (χ4v) is 2.44. The molecule has 0 heterocycles. The number of rotatable bonds is 4. The van der Waals surface area contributed by atoms with Crippen molar-refractivity contribution < 1.29 is 10.2 Å². The van der Waals surface area contributed by atoms with Crippen LogP contribution < -0.4 is 0 Å². The minimum Gasteiger partial charge on any atom is -0.508 e. The van der Waals surface area contributed by atoms with Crippen LogP contribution in [0, 0.1) is 0 Å². The molecule has 0 aliphatic rings. The normalized spacial score (nSPS) is 11.9. The maximum absolute atomic E-state index is 9.97. The summed E-state index contributed by atoms with van der Waals surface area (Å²) in [6.45, 7) is 7.74. The fraction of sp³-hybridized carbons (Fsp3) is 0.368. The Bertz CT molecular complexity index is 604. The molecule has 2 nitrogen and oxygen atoms in total. The van der Waals surface area contributed by atoms with Crippen LogP contribution in [-0.4, -0.2) is 10.2 Å². The lowest BCUT2D eigenvalue weighted by Gasteiger charge is -2.18. The minimum atomic E-state index is -0.804. The number of aromatic hydroxyl groups is 1. The SMILES string of the molecule is CC(C)c1cc(Cc2ccc(C(C)(C)O)cc2)ccc1O. The van der Waals surface area contributed by atoms with Crippen molar-refractivity contribution in [2.45, 2.75) is 45.6 Å². The molecule has 0 saturated carbocycles. The first-order chi connectivity index (χ1) is 9.77. The lowest BCUT2D eigenvalue weighted by Crippen LogP contribution is -2.15. The second-order valence-electron chi connectivity index (χ2n) is 6.48. The van der Waals surface area contributed by atoms with Gasteiger partial charge >= 0.3 is 0 Å². The van der Waals surface area contributed by atoms with Gasteiger partial charge in [0.15, 0.2) is 0 Å². The van der Waals surface area contributed by atoms with Crippen LogP contribution in [0.2, 0.25) is 0 Å². The second-order valence-corrected chi connectivity index (χ2v) is 6.48. The van der Waals surface area contributed by atoms with Crippen molar-refractivity contribution in [3.05, 3.63) is 64.7 Å². The minimum absolute atomic E-state index is 0.308. The Hall–Kier alpha value is -1.80. The van der Waals surface area contributed by atoms with Gasteiger partial charge in [-0.3, -0.25) is 0 Å². The highest BCUT2D eigenvalue weighted by molar-refractivity contribution is 5.40. The van der Waals surface area contributed by atoms with Crippen LogP contribution in [0.3, 0.4) is 0 Å². The monoisotopic (exact) mass is 284 g/mol. The molecule has 0 unspecified atom stereocenters. The van der Waals surface area contributed by atoms with E-state index in [1.807, 2.05) is 18.2 Å². The molecule has 0 radical (unpaired) electrons. The average molecular weight is 284 g/mol. The van der Waals surface area contributed by atoms with Gasteiger partial charge in [0, 0.05) is 0 Å². The van der Waals surface area contributed by atoms with E-state index in [4.69, 9.17) is 0 Å². The van der Waals surface area contributed by atoms with Crippen molar-refractivity contribution in [1.29, 1.82) is 0 Å². The molecule has 21 heavy (non-hydrogen) atoms. The third kappa shape index (κ3) is 3.85. The Morgan fingerprint density at radius 2 is 1.52 bits per heavy atom. The summed E-state index contributed by atoms with van der Waals surface area (Å²) < 4.78 is 0. The topological polar surface area (TPSA) is 40.5 Å². The van der Waals surface area contributed by atoms with Crippen molar-refractivity contribution >= 4 is 0 Å². The predicted molar refractivity (Wildman–Crippen MR) is 86.7 cm³/mol. The number of phenolic OH excluding ortho intramolecular Hbond substituents is 1. The van der Waals surface area contributed by atoms with Gasteiger partial charge in [0.2, 0.25) is 0 Å².